The van der Waals surface area contributed by atoms with E-state index in [0.717, 1.165) is 22.0 Å². The Bertz CT molecular complexity index is 564. The van der Waals surface area contributed by atoms with Crippen LogP contribution < -0.4 is 5.32 Å². The van der Waals surface area contributed by atoms with Crippen molar-refractivity contribution >= 4 is 21.8 Å². The van der Waals surface area contributed by atoms with Gasteiger partial charge in [0.15, 0.2) is 0 Å². The van der Waals surface area contributed by atoms with Gasteiger partial charge in [0.25, 0.3) is 0 Å². The van der Waals surface area contributed by atoms with Crippen molar-refractivity contribution in [2.24, 2.45) is 0 Å². The van der Waals surface area contributed by atoms with Gasteiger partial charge in [-0.1, -0.05) is 40.2 Å². The summed E-state index contributed by atoms with van der Waals surface area (Å²) in [5.41, 5.74) is 2.09. The summed E-state index contributed by atoms with van der Waals surface area (Å²) in [6.45, 7) is 0.597. The van der Waals surface area contributed by atoms with Gasteiger partial charge in [-0.2, -0.15) is 0 Å². The van der Waals surface area contributed by atoms with E-state index in [4.69, 9.17) is 0 Å². The Kier molecular flexibility index (Phi) is 5.18. The molecule has 2 rings (SSSR count). The van der Waals surface area contributed by atoms with E-state index in [-0.39, 0.29) is 11.7 Å². The molecule has 0 radical (unpaired) electrons. The molecule has 2 aromatic carbocycles. The summed E-state index contributed by atoms with van der Waals surface area (Å²) in [5.74, 6) is 0.277. The van der Waals surface area contributed by atoms with Crippen LogP contribution in [0.1, 0.15) is 11.1 Å². The van der Waals surface area contributed by atoms with Crippen LogP contribution >= 0.6 is 15.9 Å². The molecule has 1 amide bonds. The Morgan fingerprint density at radius 2 is 1.60 bits per heavy atom. The molecule has 0 heterocycles. The minimum absolute atomic E-state index is 0.0195. The van der Waals surface area contributed by atoms with Gasteiger partial charge in [-0.15, -0.1) is 0 Å². The Morgan fingerprint density at radius 3 is 2.25 bits per heavy atom. The standard InChI is InChI=1S/C16H16BrNO2/c17-14-5-1-13(2-6-14)11-16(20)18-10-9-12-3-7-15(19)8-4-12/h1-8,19H,9-11H2,(H,18,20). The van der Waals surface area contributed by atoms with Gasteiger partial charge in [0.2, 0.25) is 5.91 Å². The smallest absolute Gasteiger partial charge is 0.224 e. The second-order valence-corrected chi connectivity index (χ2v) is 5.49. The Hall–Kier alpha value is -1.81. The predicted octanol–water partition coefficient (Wildman–Crippen LogP) is 3.06. The number of phenols is 1. The zero-order valence-electron chi connectivity index (χ0n) is 11.0. The average Bonchev–Trinajstić information content (AvgIpc) is 2.44. The molecule has 2 N–H and O–H groups in total. The zero-order valence-corrected chi connectivity index (χ0v) is 12.6. The zero-order chi connectivity index (χ0) is 14.4. The molecule has 0 atom stereocenters. The molecule has 0 saturated heterocycles. The van der Waals surface area contributed by atoms with Gasteiger partial charge in [0.1, 0.15) is 5.75 Å². The molecule has 20 heavy (non-hydrogen) atoms. The van der Waals surface area contributed by atoms with Gasteiger partial charge in [-0.25, -0.2) is 0 Å². The second-order valence-electron chi connectivity index (χ2n) is 4.57. The van der Waals surface area contributed by atoms with E-state index in [9.17, 15) is 9.90 Å². The van der Waals surface area contributed by atoms with Crippen molar-refractivity contribution in [3.63, 3.8) is 0 Å². The van der Waals surface area contributed by atoms with Crippen LogP contribution in [0.4, 0.5) is 0 Å². The number of benzene rings is 2. The number of carbonyl (C=O) groups excluding carboxylic acids is 1. The van der Waals surface area contributed by atoms with Crippen LogP contribution in [-0.2, 0) is 17.6 Å². The van der Waals surface area contributed by atoms with Crippen molar-refractivity contribution in [2.75, 3.05) is 6.54 Å². The van der Waals surface area contributed by atoms with Crippen LogP contribution in [0, 0.1) is 0 Å². The highest BCUT2D eigenvalue weighted by molar-refractivity contribution is 9.10. The lowest BCUT2D eigenvalue weighted by atomic mass is 10.1. The van der Waals surface area contributed by atoms with E-state index in [0.29, 0.717) is 13.0 Å². The van der Waals surface area contributed by atoms with Gasteiger partial charge in [-0.3, -0.25) is 4.79 Å². The number of rotatable bonds is 5. The van der Waals surface area contributed by atoms with Crippen molar-refractivity contribution in [3.8, 4) is 5.75 Å². The molecule has 0 fully saturated rings. The van der Waals surface area contributed by atoms with E-state index in [1.54, 1.807) is 12.1 Å². The van der Waals surface area contributed by atoms with Gasteiger partial charge in [0.05, 0.1) is 6.42 Å². The van der Waals surface area contributed by atoms with Crippen LogP contribution in [-0.4, -0.2) is 17.6 Å². The van der Waals surface area contributed by atoms with Crippen LogP contribution in [0.25, 0.3) is 0 Å². The van der Waals surface area contributed by atoms with Crippen LogP contribution in [0.5, 0.6) is 5.75 Å². The summed E-state index contributed by atoms with van der Waals surface area (Å²) in [5, 5.41) is 12.1. The summed E-state index contributed by atoms with van der Waals surface area (Å²) in [6.07, 6.45) is 1.15. The van der Waals surface area contributed by atoms with E-state index >= 15 is 0 Å². The largest absolute Gasteiger partial charge is 0.508 e. The topological polar surface area (TPSA) is 49.3 Å². The summed E-state index contributed by atoms with van der Waals surface area (Å²) >= 11 is 3.37. The number of hydrogen-bond donors (Lipinski definition) is 2. The molecule has 0 spiro atoms. The predicted molar refractivity (Wildman–Crippen MR) is 82.7 cm³/mol. The molecule has 0 bridgehead atoms. The Morgan fingerprint density at radius 1 is 1.00 bits per heavy atom. The number of halogens is 1. The fourth-order valence-corrected chi connectivity index (χ4v) is 2.12. The first-order valence-electron chi connectivity index (χ1n) is 6.42. The van der Waals surface area contributed by atoms with Crippen molar-refractivity contribution in [1.82, 2.24) is 5.32 Å². The molecule has 0 unspecified atom stereocenters. The number of hydrogen-bond acceptors (Lipinski definition) is 2. The van der Waals surface area contributed by atoms with Crippen LogP contribution in [0.15, 0.2) is 53.0 Å². The van der Waals surface area contributed by atoms with E-state index in [1.165, 1.54) is 0 Å². The molecule has 0 aromatic heterocycles. The summed E-state index contributed by atoms with van der Waals surface area (Å²) in [4.78, 5) is 11.8. The third-order valence-electron chi connectivity index (χ3n) is 2.95. The van der Waals surface area contributed by atoms with Crippen LogP contribution in [0.2, 0.25) is 0 Å². The highest BCUT2D eigenvalue weighted by Crippen LogP contribution is 2.11. The summed E-state index contributed by atoms with van der Waals surface area (Å²) in [6, 6.07) is 14.7. The molecular weight excluding hydrogens is 318 g/mol. The highest BCUT2D eigenvalue weighted by Gasteiger charge is 2.03. The molecule has 0 saturated carbocycles. The maximum Gasteiger partial charge on any atom is 0.224 e. The Labute approximate surface area is 126 Å². The first-order chi connectivity index (χ1) is 9.63. The number of nitrogens with one attached hydrogen (secondary N) is 1. The molecule has 0 aliphatic heterocycles. The lowest BCUT2D eigenvalue weighted by Crippen LogP contribution is -2.27. The quantitative estimate of drug-likeness (QED) is 0.883. The number of phenolic OH excluding ortho intramolecular Hbond substituents is 1. The Balaban J connectivity index is 1.75. The fraction of sp³-hybridized carbons (Fsp3) is 0.188. The average molecular weight is 334 g/mol. The van der Waals surface area contributed by atoms with Gasteiger partial charge < -0.3 is 10.4 Å². The molecule has 104 valence electrons. The number of carbonyl (C=O) groups is 1. The summed E-state index contributed by atoms with van der Waals surface area (Å²) < 4.78 is 1.01. The molecular formula is C16H16BrNO2. The molecule has 4 heteroatoms. The summed E-state index contributed by atoms with van der Waals surface area (Å²) in [7, 11) is 0. The molecule has 3 nitrogen and oxygen atoms in total. The molecule has 2 aromatic rings. The van der Waals surface area contributed by atoms with Crippen molar-refractivity contribution < 1.29 is 9.90 Å². The number of aromatic hydroxyl groups is 1. The first-order valence-corrected chi connectivity index (χ1v) is 7.22. The lowest BCUT2D eigenvalue weighted by Gasteiger charge is -2.06. The SMILES string of the molecule is O=C(Cc1ccc(Br)cc1)NCCc1ccc(O)cc1. The van der Waals surface area contributed by atoms with E-state index in [1.807, 2.05) is 36.4 Å². The maximum absolute atomic E-state index is 11.8. The van der Waals surface area contributed by atoms with E-state index in [2.05, 4.69) is 21.2 Å². The maximum atomic E-state index is 11.8. The fourth-order valence-electron chi connectivity index (χ4n) is 1.86. The normalized spacial score (nSPS) is 10.2. The van der Waals surface area contributed by atoms with Gasteiger partial charge >= 0.3 is 0 Å². The van der Waals surface area contributed by atoms with E-state index < -0.39 is 0 Å². The second kappa shape index (κ2) is 7.10. The third-order valence-corrected chi connectivity index (χ3v) is 3.48. The molecule has 0 aliphatic rings. The van der Waals surface area contributed by atoms with Crippen molar-refractivity contribution in [1.29, 1.82) is 0 Å². The lowest BCUT2D eigenvalue weighted by molar-refractivity contribution is -0.120. The monoisotopic (exact) mass is 333 g/mol. The first kappa shape index (κ1) is 14.6. The highest BCUT2D eigenvalue weighted by atomic mass is 79.9. The van der Waals surface area contributed by atoms with Crippen molar-refractivity contribution in [2.45, 2.75) is 12.8 Å². The van der Waals surface area contributed by atoms with Gasteiger partial charge in [-0.05, 0) is 41.8 Å². The van der Waals surface area contributed by atoms with Gasteiger partial charge in [0, 0.05) is 11.0 Å². The van der Waals surface area contributed by atoms with Crippen molar-refractivity contribution in [3.05, 3.63) is 64.1 Å². The van der Waals surface area contributed by atoms with Crippen LogP contribution in [0.3, 0.4) is 0 Å². The third kappa shape index (κ3) is 4.70. The number of amides is 1. The minimum atomic E-state index is 0.0195. The minimum Gasteiger partial charge on any atom is -0.508 e. The molecule has 0 aliphatic carbocycles.